The Morgan fingerprint density at radius 3 is 2.62 bits per heavy atom. The number of carbonyl (C=O) groups is 2. The third-order valence-corrected chi connectivity index (χ3v) is 6.79. The Labute approximate surface area is 234 Å². The van der Waals surface area contributed by atoms with Crippen LogP contribution in [0.3, 0.4) is 0 Å². The van der Waals surface area contributed by atoms with Crippen LogP contribution < -0.4 is 5.32 Å². The van der Waals surface area contributed by atoms with Gasteiger partial charge in [-0.1, -0.05) is 33.3 Å². The highest BCUT2D eigenvalue weighted by Crippen LogP contribution is 2.31. The number of benzene rings is 2. The summed E-state index contributed by atoms with van der Waals surface area (Å²) in [5.41, 5.74) is 1.29. The lowest BCUT2D eigenvalue weighted by Gasteiger charge is -2.35. The minimum atomic E-state index is -0.659. The average Bonchev–Trinajstić information content (AvgIpc) is 3.33. The van der Waals surface area contributed by atoms with Crippen molar-refractivity contribution in [3.8, 4) is 0 Å². The summed E-state index contributed by atoms with van der Waals surface area (Å²) in [7, 11) is 0. The van der Waals surface area contributed by atoms with Crippen LogP contribution in [-0.4, -0.2) is 50.6 Å². The van der Waals surface area contributed by atoms with Crippen LogP contribution in [0.5, 0.6) is 0 Å². The molecule has 1 aliphatic rings. The number of piperidine rings is 1. The molecule has 1 fully saturated rings. The summed E-state index contributed by atoms with van der Waals surface area (Å²) in [6, 6.07) is 9.24. The molecule has 39 heavy (non-hydrogen) atoms. The van der Waals surface area contributed by atoms with E-state index >= 15 is 0 Å². The summed E-state index contributed by atoms with van der Waals surface area (Å²) in [6.45, 7) is 6.59. The first-order valence-electron chi connectivity index (χ1n) is 12.9. The largest absolute Gasteiger partial charge is 0.444 e. The zero-order chi connectivity index (χ0) is 28.2. The molecular weight excluding hydrogens is 572 g/mol. The Morgan fingerprint density at radius 2 is 1.90 bits per heavy atom. The summed E-state index contributed by atoms with van der Waals surface area (Å²) in [4.78, 5) is 27.2. The monoisotopic (exact) mass is 603 g/mol. The van der Waals surface area contributed by atoms with Crippen LogP contribution in [0, 0.1) is 11.6 Å². The van der Waals surface area contributed by atoms with Gasteiger partial charge < -0.3 is 10.1 Å². The second-order valence-corrected chi connectivity index (χ2v) is 11.5. The number of hydrogen-bond donors (Lipinski definition) is 1. The lowest BCUT2D eigenvalue weighted by Crippen LogP contribution is -2.42. The topological polar surface area (TPSA) is 89.4 Å². The van der Waals surface area contributed by atoms with E-state index in [9.17, 15) is 18.4 Å². The van der Waals surface area contributed by atoms with Gasteiger partial charge in [0.15, 0.2) is 0 Å². The Kier molecular flexibility index (Phi) is 8.99. The van der Waals surface area contributed by atoms with E-state index in [4.69, 9.17) is 4.74 Å². The number of nitrogens with zero attached hydrogens (tertiary/aromatic N) is 4. The molecule has 1 saturated heterocycles. The number of rotatable bonds is 7. The van der Waals surface area contributed by atoms with E-state index in [0.717, 1.165) is 24.8 Å². The van der Waals surface area contributed by atoms with Crippen LogP contribution in [0.2, 0.25) is 0 Å². The van der Waals surface area contributed by atoms with Crippen molar-refractivity contribution in [2.75, 3.05) is 13.1 Å². The van der Waals surface area contributed by atoms with Gasteiger partial charge in [-0.25, -0.2) is 18.3 Å². The average molecular weight is 604 g/mol. The molecule has 0 radical (unpaired) electrons. The Hall–Kier alpha value is -3.34. The number of hydrogen-bond acceptors (Lipinski definition) is 5. The first-order chi connectivity index (χ1) is 18.5. The van der Waals surface area contributed by atoms with Crippen molar-refractivity contribution in [1.82, 2.24) is 25.2 Å². The van der Waals surface area contributed by atoms with Crippen molar-refractivity contribution in [2.45, 2.75) is 64.6 Å². The second kappa shape index (κ2) is 12.2. The summed E-state index contributed by atoms with van der Waals surface area (Å²) in [5.74, 6) is -1.66. The summed E-state index contributed by atoms with van der Waals surface area (Å²) >= 11 is 3.06. The first kappa shape index (κ1) is 28.7. The van der Waals surface area contributed by atoms with Gasteiger partial charge >= 0.3 is 6.09 Å². The fraction of sp³-hybridized carbons (Fsp3) is 0.429. The Bertz CT molecular complexity index is 1320. The highest BCUT2D eigenvalue weighted by Gasteiger charge is 2.33. The Morgan fingerprint density at radius 1 is 1.15 bits per heavy atom. The molecule has 0 bridgehead atoms. The first-order valence-corrected chi connectivity index (χ1v) is 13.7. The molecule has 3 aromatic rings. The number of aromatic nitrogens is 3. The van der Waals surface area contributed by atoms with Crippen LogP contribution >= 0.6 is 15.9 Å². The van der Waals surface area contributed by atoms with E-state index in [1.54, 1.807) is 27.8 Å². The molecule has 0 saturated carbocycles. The standard InChI is InChI=1S/C28H32BrF2N5O3/c1-28(2,3)39-27(38)36-12-5-4-9-25(36)24-17-35(34-33-24)16-18-7-6-8-19(13-18)26(37)32-11-10-21-22(30)14-20(29)15-23(21)31/h6-8,13-15,17,25H,4-5,9-12,16H2,1-3H3,(H,32,37). The minimum Gasteiger partial charge on any atom is -0.444 e. The third kappa shape index (κ3) is 7.62. The van der Waals surface area contributed by atoms with Crippen molar-refractivity contribution in [3.05, 3.63) is 81.1 Å². The van der Waals surface area contributed by atoms with Crippen LogP contribution in [-0.2, 0) is 17.7 Å². The van der Waals surface area contributed by atoms with Crippen molar-refractivity contribution in [3.63, 3.8) is 0 Å². The van der Waals surface area contributed by atoms with Gasteiger partial charge in [-0.05, 0) is 76.3 Å². The van der Waals surface area contributed by atoms with Gasteiger partial charge in [-0.15, -0.1) is 5.10 Å². The van der Waals surface area contributed by atoms with Crippen molar-refractivity contribution in [2.24, 2.45) is 0 Å². The molecular formula is C28H32BrF2N5O3. The summed E-state index contributed by atoms with van der Waals surface area (Å²) in [6.07, 6.45) is 4.16. The van der Waals surface area contributed by atoms with Gasteiger partial charge in [0, 0.05) is 28.7 Å². The quantitative estimate of drug-likeness (QED) is 0.368. The highest BCUT2D eigenvalue weighted by molar-refractivity contribution is 9.10. The van der Waals surface area contributed by atoms with Gasteiger partial charge in [0.05, 0.1) is 18.8 Å². The highest BCUT2D eigenvalue weighted by atomic mass is 79.9. The molecule has 2 amide bonds. The van der Waals surface area contributed by atoms with E-state index in [1.165, 1.54) is 12.1 Å². The molecule has 1 aliphatic heterocycles. The predicted octanol–water partition coefficient (Wildman–Crippen LogP) is 5.80. The second-order valence-electron chi connectivity index (χ2n) is 10.6. The van der Waals surface area contributed by atoms with E-state index in [0.29, 0.717) is 28.8 Å². The number of carbonyl (C=O) groups excluding carboxylic acids is 2. The molecule has 0 spiro atoms. The van der Waals surface area contributed by atoms with Crippen LogP contribution in [0.4, 0.5) is 13.6 Å². The molecule has 11 heteroatoms. The van der Waals surface area contributed by atoms with Crippen LogP contribution in [0.1, 0.15) is 73.3 Å². The fourth-order valence-electron chi connectivity index (χ4n) is 4.53. The SMILES string of the molecule is CC(C)(C)OC(=O)N1CCCCC1c1cn(Cc2cccc(C(=O)NCCc3c(F)cc(Br)cc3F)c2)nn1. The smallest absolute Gasteiger partial charge is 0.410 e. The maximum absolute atomic E-state index is 14.0. The molecule has 1 atom stereocenters. The number of amides is 2. The normalized spacial score (nSPS) is 15.7. The molecule has 1 aromatic heterocycles. The predicted molar refractivity (Wildman–Crippen MR) is 145 cm³/mol. The maximum Gasteiger partial charge on any atom is 0.410 e. The van der Waals surface area contributed by atoms with Crippen LogP contribution in [0.25, 0.3) is 0 Å². The molecule has 0 aliphatic carbocycles. The third-order valence-electron chi connectivity index (χ3n) is 6.33. The van der Waals surface area contributed by atoms with Gasteiger partial charge in [-0.3, -0.25) is 9.69 Å². The molecule has 1 N–H and O–H groups in total. The van der Waals surface area contributed by atoms with E-state index in [2.05, 4.69) is 31.6 Å². The van der Waals surface area contributed by atoms with E-state index < -0.39 is 17.2 Å². The molecule has 4 rings (SSSR count). The lowest BCUT2D eigenvalue weighted by atomic mass is 10.0. The maximum atomic E-state index is 14.0. The molecule has 1 unspecified atom stereocenters. The summed E-state index contributed by atoms with van der Waals surface area (Å²) < 4.78 is 35.7. The fourth-order valence-corrected chi connectivity index (χ4v) is 4.94. The van der Waals surface area contributed by atoms with E-state index in [1.807, 2.05) is 33.0 Å². The Balaban J connectivity index is 1.37. The van der Waals surface area contributed by atoms with Gasteiger partial charge in [0.2, 0.25) is 0 Å². The molecule has 2 aromatic carbocycles. The van der Waals surface area contributed by atoms with Crippen molar-refractivity contribution in [1.29, 1.82) is 0 Å². The zero-order valence-electron chi connectivity index (χ0n) is 22.2. The number of halogens is 3. The molecule has 2 heterocycles. The van der Waals surface area contributed by atoms with Gasteiger partial charge in [0.25, 0.3) is 5.91 Å². The van der Waals surface area contributed by atoms with Gasteiger partial charge in [0.1, 0.15) is 22.9 Å². The minimum absolute atomic E-state index is 0.0274. The zero-order valence-corrected chi connectivity index (χ0v) is 23.8. The molecule has 208 valence electrons. The van der Waals surface area contributed by atoms with Crippen molar-refractivity contribution < 1.29 is 23.1 Å². The molecule has 8 nitrogen and oxygen atoms in total. The number of likely N-dealkylation sites (tertiary alicyclic amines) is 1. The summed E-state index contributed by atoms with van der Waals surface area (Å²) in [5, 5.41) is 11.3. The number of ether oxygens (including phenoxy) is 1. The van der Waals surface area contributed by atoms with Crippen molar-refractivity contribution >= 4 is 27.9 Å². The number of nitrogens with one attached hydrogen (secondary N) is 1. The van der Waals surface area contributed by atoms with Crippen LogP contribution in [0.15, 0.2) is 47.1 Å². The van der Waals surface area contributed by atoms with E-state index in [-0.39, 0.29) is 36.6 Å². The lowest BCUT2D eigenvalue weighted by molar-refractivity contribution is 0.00898. The van der Waals surface area contributed by atoms with Gasteiger partial charge in [-0.2, -0.15) is 0 Å².